The van der Waals surface area contributed by atoms with Gasteiger partial charge in [-0.05, 0) is 29.8 Å². The Hall–Kier alpha value is -1.14. The molecule has 1 aliphatic rings. The molecule has 2 atom stereocenters. The van der Waals surface area contributed by atoms with E-state index in [-0.39, 0.29) is 0 Å². The topological polar surface area (TPSA) is 24.4 Å². The minimum absolute atomic E-state index is 0.329. The molecule has 18 heavy (non-hydrogen) atoms. The standard InChI is InChI=1S/C15H21N2P/c1-3-4-5-11(2)14-10-15(17-16-14)12-6-8-13(18)9-7-12/h5-9,15,17H,3-4,10,18H2,1-2H3/b11-5+. The van der Waals surface area contributed by atoms with E-state index in [1.54, 1.807) is 0 Å². The third-order valence-electron chi connectivity index (χ3n) is 3.29. The van der Waals surface area contributed by atoms with Crippen molar-refractivity contribution in [1.82, 2.24) is 5.43 Å². The number of nitrogens with one attached hydrogen (secondary N) is 1. The number of nitrogens with zero attached hydrogens (tertiary/aromatic N) is 1. The number of allylic oxidation sites excluding steroid dienone is 2. The van der Waals surface area contributed by atoms with E-state index in [0.717, 1.165) is 12.8 Å². The van der Waals surface area contributed by atoms with Crippen molar-refractivity contribution in [2.75, 3.05) is 0 Å². The minimum atomic E-state index is 0.329. The van der Waals surface area contributed by atoms with Gasteiger partial charge in [-0.3, -0.25) is 0 Å². The molecular weight excluding hydrogens is 239 g/mol. The Morgan fingerprint density at radius 2 is 2.17 bits per heavy atom. The molecule has 0 saturated heterocycles. The molecule has 0 spiro atoms. The molecule has 0 saturated carbocycles. The molecule has 0 aliphatic carbocycles. The Kier molecular flexibility index (Phi) is 4.54. The first-order valence-corrected chi connectivity index (χ1v) is 7.13. The second-order valence-corrected chi connectivity index (χ2v) is 5.45. The highest BCUT2D eigenvalue weighted by molar-refractivity contribution is 7.27. The van der Waals surface area contributed by atoms with Gasteiger partial charge in [0.2, 0.25) is 0 Å². The summed E-state index contributed by atoms with van der Waals surface area (Å²) < 4.78 is 0. The van der Waals surface area contributed by atoms with Crippen molar-refractivity contribution < 1.29 is 0 Å². The Morgan fingerprint density at radius 1 is 1.44 bits per heavy atom. The predicted octanol–water partition coefficient (Wildman–Crippen LogP) is 3.32. The summed E-state index contributed by atoms with van der Waals surface area (Å²) >= 11 is 0. The molecule has 0 aromatic heterocycles. The third-order valence-corrected chi connectivity index (χ3v) is 3.67. The van der Waals surface area contributed by atoms with Crippen LogP contribution < -0.4 is 10.7 Å². The highest BCUT2D eigenvalue weighted by Crippen LogP contribution is 2.24. The van der Waals surface area contributed by atoms with Crippen LogP contribution in [0.4, 0.5) is 0 Å². The smallest absolute Gasteiger partial charge is 0.0745 e. The zero-order chi connectivity index (χ0) is 13.0. The molecule has 1 aromatic carbocycles. The maximum Gasteiger partial charge on any atom is 0.0745 e. The molecule has 2 unspecified atom stereocenters. The molecule has 1 N–H and O–H groups in total. The number of hydrogen-bond acceptors (Lipinski definition) is 2. The van der Waals surface area contributed by atoms with Crippen molar-refractivity contribution in [1.29, 1.82) is 0 Å². The summed E-state index contributed by atoms with van der Waals surface area (Å²) in [6, 6.07) is 8.92. The molecule has 96 valence electrons. The molecule has 0 radical (unpaired) electrons. The van der Waals surface area contributed by atoms with Crippen LogP contribution in [0.25, 0.3) is 0 Å². The fourth-order valence-electron chi connectivity index (χ4n) is 2.09. The Bertz CT molecular complexity index is 460. The lowest BCUT2D eigenvalue weighted by Gasteiger charge is -2.10. The van der Waals surface area contributed by atoms with Gasteiger partial charge in [-0.15, -0.1) is 9.24 Å². The highest BCUT2D eigenvalue weighted by Gasteiger charge is 2.20. The number of hydrazone groups is 1. The van der Waals surface area contributed by atoms with Crippen LogP contribution in [-0.4, -0.2) is 5.71 Å². The summed E-state index contributed by atoms with van der Waals surface area (Å²) in [6.45, 7) is 4.36. The minimum Gasteiger partial charge on any atom is -0.302 e. The molecule has 2 rings (SSSR count). The first-order valence-electron chi connectivity index (χ1n) is 6.55. The normalized spacial score (nSPS) is 19.6. The second-order valence-electron chi connectivity index (χ2n) is 4.79. The van der Waals surface area contributed by atoms with Crippen molar-refractivity contribution in [2.24, 2.45) is 5.10 Å². The van der Waals surface area contributed by atoms with Crippen LogP contribution in [0.1, 0.15) is 44.7 Å². The van der Waals surface area contributed by atoms with Gasteiger partial charge in [0.1, 0.15) is 0 Å². The van der Waals surface area contributed by atoms with Crippen LogP contribution in [0.5, 0.6) is 0 Å². The van der Waals surface area contributed by atoms with E-state index < -0.39 is 0 Å². The zero-order valence-corrected chi connectivity index (χ0v) is 12.3. The molecule has 1 heterocycles. The van der Waals surface area contributed by atoms with Crippen molar-refractivity contribution in [3.63, 3.8) is 0 Å². The number of unbranched alkanes of at least 4 members (excludes halogenated alkanes) is 1. The van der Waals surface area contributed by atoms with Gasteiger partial charge in [0.25, 0.3) is 0 Å². The van der Waals surface area contributed by atoms with Crippen LogP contribution >= 0.6 is 9.24 Å². The van der Waals surface area contributed by atoms with Crippen molar-refractivity contribution in [2.45, 2.75) is 39.2 Å². The Labute approximate surface area is 112 Å². The van der Waals surface area contributed by atoms with Crippen LogP contribution in [-0.2, 0) is 0 Å². The zero-order valence-electron chi connectivity index (χ0n) is 11.1. The molecule has 2 nitrogen and oxygen atoms in total. The van der Waals surface area contributed by atoms with E-state index in [2.05, 4.69) is 64.0 Å². The fourth-order valence-corrected chi connectivity index (χ4v) is 2.28. The lowest BCUT2D eigenvalue weighted by atomic mass is 9.99. The number of benzene rings is 1. The van der Waals surface area contributed by atoms with Gasteiger partial charge in [0.05, 0.1) is 11.8 Å². The van der Waals surface area contributed by atoms with Crippen LogP contribution in [0.2, 0.25) is 0 Å². The lowest BCUT2D eigenvalue weighted by Crippen LogP contribution is -2.10. The summed E-state index contributed by atoms with van der Waals surface area (Å²) in [6.07, 6.45) is 5.60. The number of rotatable bonds is 4. The van der Waals surface area contributed by atoms with Gasteiger partial charge in [-0.25, -0.2) is 0 Å². The monoisotopic (exact) mass is 260 g/mol. The lowest BCUT2D eigenvalue weighted by molar-refractivity contribution is 0.620. The van der Waals surface area contributed by atoms with E-state index in [4.69, 9.17) is 0 Å². The van der Waals surface area contributed by atoms with Crippen LogP contribution in [0.3, 0.4) is 0 Å². The third kappa shape index (κ3) is 3.20. The molecule has 1 aromatic rings. The second kappa shape index (κ2) is 6.15. The first-order chi connectivity index (χ1) is 8.70. The van der Waals surface area contributed by atoms with Gasteiger partial charge in [0, 0.05) is 6.42 Å². The van der Waals surface area contributed by atoms with Crippen molar-refractivity contribution >= 4 is 20.3 Å². The van der Waals surface area contributed by atoms with E-state index in [1.165, 1.54) is 28.6 Å². The molecular formula is C15H21N2P. The SMILES string of the molecule is CCC/C=C(\C)C1=NNC(c2ccc(P)cc2)C1. The van der Waals surface area contributed by atoms with Gasteiger partial charge >= 0.3 is 0 Å². The van der Waals surface area contributed by atoms with Gasteiger partial charge in [0.15, 0.2) is 0 Å². The highest BCUT2D eigenvalue weighted by atomic mass is 31.0. The molecule has 1 aliphatic heterocycles. The largest absolute Gasteiger partial charge is 0.302 e. The van der Waals surface area contributed by atoms with E-state index in [0.29, 0.717) is 6.04 Å². The average Bonchev–Trinajstić information content (AvgIpc) is 2.86. The van der Waals surface area contributed by atoms with Gasteiger partial charge < -0.3 is 5.43 Å². The van der Waals surface area contributed by atoms with Crippen LogP contribution in [0, 0.1) is 0 Å². The maximum atomic E-state index is 4.46. The van der Waals surface area contributed by atoms with E-state index >= 15 is 0 Å². The van der Waals surface area contributed by atoms with Crippen molar-refractivity contribution in [3.05, 3.63) is 41.5 Å². The Balaban J connectivity index is 2.00. The van der Waals surface area contributed by atoms with Crippen LogP contribution in [0.15, 0.2) is 41.0 Å². The summed E-state index contributed by atoms with van der Waals surface area (Å²) in [4.78, 5) is 0. The maximum absolute atomic E-state index is 4.46. The summed E-state index contributed by atoms with van der Waals surface area (Å²) in [7, 11) is 2.71. The average molecular weight is 260 g/mol. The molecule has 3 heteroatoms. The quantitative estimate of drug-likeness (QED) is 0.825. The summed E-state index contributed by atoms with van der Waals surface area (Å²) in [5.41, 5.74) is 7.06. The van der Waals surface area contributed by atoms with Crippen molar-refractivity contribution in [3.8, 4) is 0 Å². The molecule has 0 bridgehead atoms. The summed E-state index contributed by atoms with van der Waals surface area (Å²) in [5, 5.41) is 5.68. The Morgan fingerprint density at radius 3 is 2.83 bits per heavy atom. The summed E-state index contributed by atoms with van der Waals surface area (Å²) in [5.74, 6) is 0. The molecule has 0 fully saturated rings. The predicted molar refractivity (Wildman–Crippen MR) is 82.4 cm³/mol. The first kappa shape index (κ1) is 13.3. The fraction of sp³-hybridized carbons (Fsp3) is 0.400. The number of hydrogen-bond donors (Lipinski definition) is 1. The van der Waals surface area contributed by atoms with E-state index in [1.807, 2.05) is 0 Å². The van der Waals surface area contributed by atoms with E-state index in [9.17, 15) is 0 Å². The molecule has 0 amide bonds. The van der Waals surface area contributed by atoms with Gasteiger partial charge in [-0.2, -0.15) is 5.10 Å². The van der Waals surface area contributed by atoms with Gasteiger partial charge in [-0.1, -0.05) is 43.7 Å².